The van der Waals surface area contributed by atoms with Crippen molar-refractivity contribution in [1.82, 2.24) is 5.32 Å². The van der Waals surface area contributed by atoms with Crippen LogP contribution in [0.3, 0.4) is 0 Å². The van der Waals surface area contributed by atoms with Crippen LogP contribution in [-0.4, -0.2) is 5.91 Å². The van der Waals surface area contributed by atoms with Gasteiger partial charge >= 0.3 is 0 Å². The summed E-state index contributed by atoms with van der Waals surface area (Å²) in [7, 11) is 0. The van der Waals surface area contributed by atoms with Gasteiger partial charge in [-0.1, -0.05) is 18.2 Å². The summed E-state index contributed by atoms with van der Waals surface area (Å²) in [5.41, 5.74) is 1.14. The maximum atomic E-state index is 13.0. The second kappa shape index (κ2) is 6.23. The van der Waals surface area contributed by atoms with Crippen molar-refractivity contribution < 1.29 is 18.0 Å². The number of carbonyl (C=O) groups is 1. The van der Waals surface area contributed by atoms with Crippen molar-refractivity contribution in [2.24, 2.45) is 0 Å². The van der Waals surface area contributed by atoms with E-state index in [0.717, 1.165) is 12.1 Å². The van der Waals surface area contributed by atoms with E-state index in [4.69, 9.17) is 0 Å². The number of rotatable bonds is 4. The molecule has 0 unspecified atom stereocenters. The SMILES string of the molecule is O=C(Cc1ccc(F)cc1)NCc1ccc(F)c(F)c1. The van der Waals surface area contributed by atoms with Gasteiger partial charge in [0.05, 0.1) is 6.42 Å². The molecule has 0 saturated carbocycles. The Labute approximate surface area is 114 Å². The largest absolute Gasteiger partial charge is 0.352 e. The minimum absolute atomic E-state index is 0.101. The summed E-state index contributed by atoms with van der Waals surface area (Å²) in [5, 5.41) is 2.59. The molecule has 0 aromatic heterocycles. The molecular formula is C15H12F3NO. The molecule has 5 heteroatoms. The average molecular weight is 279 g/mol. The summed E-state index contributed by atoms with van der Waals surface area (Å²) in [6.45, 7) is 0.108. The van der Waals surface area contributed by atoms with Crippen molar-refractivity contribution in [3.05, 3.63) is 71.0 Å². The molecule has 2 rings (SSSR count). The van der Waals surface area contributed by atoms with E-state index >= 15 is 0 Å². The lowest BCUT2D eigenvalue weighted by Gasteiger charge is -2.06. The molecule has 1 N–H and O–H groups in total. The molecule has 0 radical (unpaired) electrons. The Morgan fingerprint density at radius 2 is 1.55 bits per heavy atom. The predicted molar refractivity (Wildman–Crippen MR) is 68.3 cm³/mol. The minimum Gasteiger partial charge on any atom is -0.352 e. The lowest BCUT2D eigenvalue weighted by molar-refractivity contribution is -0.120. The molecule has 0 atom stereocenters. The number of nitrogens with one attached hydrogen (secondary N) is 1. The van der Waals surface area contributed by atoms with Crippen LogP contribution in [0, 0.1) is 17.5 Å². The first-order valence-electron chi connectivity index (χ1n) is 5.99. The van der Waals surface area contributed by atoms with E-state index in [1.165, 1.54) is 30.3 Å². The number of carbonyl (C=O) groups excluding carboxylic acids is 1. The molecule has 2 aromatic rings. The summed E-state index contributed by atoms with van der Waals surface area (Å²) in [6, 6.07) is 9.04. The van der Waals surface area contributed by atoms with Gasteiger partial charge < -0.3 is 5.32 Å². The molecule has 0 fully saturated rings. The van der Waals surface area contributed by atoms with Gasteiger partial charge in [0.1, 0.15) is 5.82 Å². The van der Waals surface area contributed by atoms with Gasteiger partial charge in [-0.15, -0.1) is 0 Å². The van der Waals surface area contributed by atoms with Crippen molar-refractivity contribution in [3.63, 3.8) is 0 Å². The van der Waals surface area contributed by atoms with Gasteiger partial charge in [-0.05, 0) is 35.4 Å². The quantitative estimate of drug-likeness (QED) is 0.916. The van der Waals surface area contributed by atoms with Crippen molar-refractivity contribution in [3.8, 4) is 0 Å². The highest BCUT2D eigenvalue weighted by molar-refractivity contribution is 5.78. The third-order valence-electron chi connectivity index (χ3n) is 2.75. The fourth-order valence-corrected chi connectivity index (χ4v) is 1.70. The number of hydrogen-bond donors (Lipinski definition) is 1. The first-order chi connectivity index (χ1) is 9.54. The molecule has 0 bridgehead atoms. The normalized spacial score (nSPS) is 10.3. The first-order valence-corrected chi connectivity index (χ1v) is 5.99. The number of hydrogen-bond acceptors (Lipinski definition) is 1. The molecular weight excluding hydrogens is 267 g/mol. The van der Waals surface area contributed by atoms with Crippen LogP contribution in [-0.2, 0) is 17.8 Å². The molecule has 104 valence electrons. The third kappa shape index (κ3) is 3.85. The molecule has 20 heavy (non-hydrogen) atoms. The highest BCUT2D eigenvalue weighted by Gasteiger charge is 2.06. The van der Waals surface area contributed by atoms with Crippen molar-refractivity contribution >= 4 is 5.91 Å². The number of halogens is 3. The summed E-state index contributed by atoms with van der Waals surface area (Å²) < 4.78 is 38.4. The van der Waals surface area contributed by atoms with Crippen LogP contribution >= 0.6 is 0 Å². The molecule has 0 heterocycles. The second-order valence-electron chi connectivity index (χ2n) is 4.33. The minimum atomic E-state index is -0.949. The maximum absolute atomic E-state index is 13.0. The highest BCUT2D eigenvalue weighted by atomic mass is 19.2. The van der Waals surface area contributed by atoms with E-state index < -0.39 is 11.6 Å². The van der Waals surface area contributed by atoms with Gasteiger partial charge in [-0.25, -0.2) is 13.2 Å². The van der Waals surface area contributed by atoms with Crippen LogP contribution in [0.5, 0.6) is 0 Å². The zero-order valence-electron chi connectivity index (χ0n) is 10.5. The Hall–Kier alpha value is -2.30. The van der Waals surface area contributed by atoms with Crippen LogP contribution in [0.2, 0.25) is 0 Å². The molecule has 0 saturated heterocycles. The van der Waals surface area contributed by atoms with Crippen LogP contribution in [0.1, 0.15) is 11.1 Å². The lowest BCUT2D eigenvalue weighted by Crippen LogP contribution is -2.24. The van der Waals surface area contributed by atoms with E-state index in [9.17, 15) is 18.0 Å². The fraction of sp³-hybridized carbons (Fsp3) is 0.133. The zero-order chi connectivity index (χ0) is 14.5. The summed E-state index contributed by atoms with van der Waals surface area (Å²) in [4.78, 5) is 11.6. The van der Waals surface area contributed by atoms with Crippen LogP contribution in [0.25, 0.3) is 0 Å². The van der Waals surface area contributed by atoms with Crippen LogP contribution in [0.4, 0.5) is 13.2 Å². The Kier molecular flexibility index (Phi) is 4.40. The van der Waals surface area contributed by atoms with Gasteiger partial charge in [0.15, 0.2) is 11.6 Å². The van der Waals surface area contributed by atoms with Gasteiger partial charge in [0.2, 0.25) is 5.91 Å². The monoisotopic (exact) mass is 279 g/mol. The smallest absolute Gasteiger partial charge is 0.224 e. The van der Waals surface area contributed by atoms with E-state index in [0.29, 0.717) is 11.1 Å². The van der Waals surface area contributed by atoms with Crippen LogP contribution < -0.4 is 5.32 Å². The van der Waals surface area contributed by atoms with Crippen molar-refractivity contribution in [2.45, 2.75) is 13.0 Å². The highest BCUT2D eigenvalue weighted by Crippen LogP contribution is 2.08. The second-order valence-corrected chi connectivity index (χ2v) is 4.33. The molecule has 0 spiro atoms. The van der Waals surface area contributed by atoms with E-state index in [2.05, 4.69) is 5.32 Å². The van der Waals surface area contributed by atoms with Crippen molar-refractivity contribution in [1.29, 1.82) is 0 Å². The first kappa shape index (κ1) is 14.1. The average Bonchev–Trinajstić information content (AvgIpc) is 2.43. The van der Waals surface area contributed by atoms with Gasteiger partial charge in [0, 0.05) is 6.54 Å². The fourth-order valence-electron chi connectivity index (χ4n) is 1.70. The van der Waals surface area contributed by atoms with E-state index in [1.807, 2.05) is 0 Å². The molecule has 2 aromatic carbocycles. The van der Waals surface area contributed by atoms with Gasteiger partial charge in [0.25, 0.3) is 0 Å². The van der Waals surface area contributed by atoms with Gasteiger partial charge in [-0.3, -0.25) is 4.79 Å². The Morgan fingerprint density at radius 1 is 0.900 bits per heavy atom. The Balaban J connectivity index is 1.88. The topological polar surface area (TPSA) is 29.1 Å². The van der Waals surface area contributed by atoms with E-state index in [-0.39, 0.29) is 24.7 Å². The van der Waals surface area contributed by atoms with Crippen LogP contribution in [0.15, 0.2) is 42.5 Å². The predicted octanol–water partition coefficient (Wildman–Crippen LogP) is 2.96. The van der Waals surface area contributed by atoms with E-state index in [1.54, 1.807) is 0 Å². The lowest BCUT2D eigenvalue weighted by atomic mass is 10.1. The Morgan fingerprint density at radius 3 is 2.20 bits per heavy atom. The number of benzene rings is 2. The molecule has 1 amide bonds. The summed E-state index contributed by atoms with van der Waals surface area (Å²) in [6.07, 6.45) is 0.101. The molecule has 0 aliphatic rings. The standard InChI is InChI=1S/C15H12F3NO/c16-12-4-1-10(2-5-12)8-15(20)19-9-11-3-6-13(17)14(18)7-11/h1-7H,8-9H2,(H,19,20). The molecule has 0 aliphatic carbocycles. The third-order valence-corrected chi connectivity index (χ3v) is 2.75. The molecule has 2 nitrogen and oxygen atoms in total. The molecule has 0 aliphatic heterocycles. The zero-order valence-corrected chi connectivity index (χ0v) is 10.5. The maximum Gasteiger partial charge on any atom is 0.224 e. The van der Waals surface area contributed by atoms with Crippen molar-refractivity contribution in [2.75, 3.05) is 0 Å². The Bertz CT molecular complexity index is 611. The summed E-state index contributed by atoms with van der Waals surface area (Å²) in [5.74, 6) is -2.51. The van der Waals surface area contributed by atoms with Gasteiger partial charge in [-0.2, -0.15) is 0 Å². The summed E-state index contributed by atoms with van der Waals surface area (Å²) >= 11 is 0. The number of amides is 1.